The van der Waals surface area contributed by atoms with Crippen molar-refractivity contribution in [3.05, 3.63) is 16.1 Å². The Balaban J connectivity index is 2.64. The molecule has 80 valence electrons. The van der Waals surface area contributed by atoms with Crippen molar-refractivity contribution < 1.29 is 0 Å². The van der Waals surface area contributed by atoms with Gasteiger partial charge in [-0.3, -0.25) is 0 Å². The highest BCUT2D eigenvalue weighted by molar-refractivity contribution is 7.09. The van der Waals surface area contributed by atoms with Crippen LogP contribution in [0.3, 0.4) is 0 Å². The molecule has 0 N–H and O–H groups in total. The van der Waals surface area contributed by atoms with Crippen molar-refractivity contribution in [2.24, 2.45) is 11.8 Å². The molecule has 0 aliphatic heterocycles. The van der Waals surface area contributed by atoms with Gasteiger partial charge in [0.2, 0.25) is 0 Å². The molecule has 1 nitrogen and oxygen atoms in total. The van der Waals surface area contributed by atoms with E-state index in [2.05, 4.69) is 31.1 Å². The summed E-state index contributed by atoms with van der Waals surface area (Å²) < 4.78 is 0. The second kappa shape index (κ2) is 5.13. The first-order chi connectivity index (χ1) is 6.50. The second-order valence-electron chi connectivity index (χ2n) is 4.15. The number of rotatable bonds is 4. The molecule has 0 radical (unpaired) electrons. The fourth-order valence-corrected chi connectivity index (χ4v) is 2.68. The third-order valence-corrected chi connectivity index (χ3v) is 3.70. The van der Waals surface area contributed by atoms with E-state index in [0.717, 1.165) is 11.4 Å². The Labute approximate surface area is 95.5 Å². The summed E-state index contributed by atoms with van der Waals surface area (Å²) in [6, 6.07) is 0. The maximum atomic E-state index is 6.17. The van der Waals surface area contributed by atoms with Crippen molar-refractivity contribution in [3.63, 3.8) is 0 Å². The van der Waals surface area contributed by atoms with Crippen molar-refractivity contribution in [1.29, 1.82) is 0 Å². The van der Waals surface area contributed by atoms with Gasteiger partial charge in [0.25, 0.3) is 0 Å². The van der Waals surface area contributed by atoms with E-state index in [1.54, 1.807) is 11.3 Å². The summed E-state index contributed by atoms with van der Waals surface area (Å²) in [5.41, 5.74) is 1.19. The number of halogens is 1. The molecule has 0 spiro atoms. The lowest BCUT2D eigenvalue weighted by molar-refractivity contribution is 0.374. The predicted molar refractivity (Wildman–Crippen MR) is 64.2 cm³/mol. The zero-order valence-corrected chi connectivity index (χ0v) is 10.8. The van der Waals surface area contributed by atoms with Gasteiger partial charge in [-0.15, -0.1) is 22.9 Å². The molecule has 1 heterocycles. The Morgan fingerprint density at radius 2 is 2.07 bits per heavy atom. The minimum atomic E-state index is 0.219. The van der Waals surface area contributed by atoms with Gasteiger partial charge in [0.05, 0.1) is 10.7 Å². The van der Waals surface area contributed by atoms with Gasteiger partial charge in [-0.1, -0.05) is 13.8 Å². The van der Waals surface area contributed by atoms with Crippen LogP contribution >= 0.6 is 22.9 Å². The summed E-state index contributed by atoms with van der Waals surface area (Å²) in [6.07, 6.45) is 1.01. The van der Waals surface area contributed by atoms with Crippen LogP contribution in [-0.4, -0.2) is 10.4 Å². The third kappa shape index (κ3) is 3.25. The van der Waals surface area contributed by atoms with Gasteiger partial charge in [-0.25, -0.2) is 4.98 Å². The molecule has 1 aromatic heterocycles. The standard InChI is InChI=1S/C11H18ClNS/c1-7(2)11(8(3)12)5-10-6-14-9(4)13-10/h6-8,11H,5H2,1-4H3. The Morgan fingerprint density at radius 3 is 2.43 bits per heavy atom. The van der Waals surface area contributed by atoms with Crippen LogP contribution in [0.15, 0.2) is 5.38 Å². The molecule has 0 amide bonds. The normalized spacial score (nSPS) is 15.9. The van der Waals surface area contributed by atoms with E-state index in [1.807, 2.05) is 6.92 Å². The van der Waals surface area contributed by atoms with Crippen LogP contribution in [0.2, 0.25) is 0 Å². The largest absolute Gasteiger partial charge is 0.247 e. The Morgan fingerprint density at radius 1 is 1.43 bits per heavy atom. The molecule has 0 aliphatic carbocycles. The number of aromatic nitrogens is 1. The lowest BCUT2D eigenvalue weighted by Gasteiger charge is -2.22. The lowest BCUT2D eigenvalue weighted by Crippen LogP contribution is -2.20. The summed E-state index contributed by atoms with van der Waals surface area (Å²) in [4.78, 5) is 4.48. The topological polar surface area (TPSA) is 12.9 Å². The Kier molecular flexibility index (Phi) is 4.39. The van der Waals surface area contributed by atoms with Crippen LogP contribution < -0.4 is 0 Å². The first-order valence-electron chi connectivity index (χ1n) is 5.05. The molecule has 0 bridgehead atoms. The minimum Gasteiger partial charge on any atom is -0.247 e. The first kappa shape index (κ1) is 12.0. The van der Waals surface area contributed by atoms with Gasteiger partial charge in [0, 0.05) is 10.8 Å². The summed E-state index contributed by atoms with van der Waals surface area (Å²) in [6.45, 7) is 8.57. The Bertz CT molecular complexity index is 273. The van der Waals surface area contributed by atoms with Crippen molar-refractivity contribution in [2.75, 3.05) is 0 Å². The average molecular weight is 232 g/mol. The van der Waals surface area contributed by atoms with Crippen molar-refractivity contribution in [1.82, 2.24) is 4.98 Å². The van der Waals surface area contributed by atoms with Gasteiger partial charge in [0.15, 0.2) is 0 Å². The maximum Gasteiger partial charge on any atom is 0.0897 e. The van der Waals surface area contributed by atoms with Crippen LogP contribution in [0.25, 0.3) is 0 Å². The quantitative estimate of drug-likeness (QED) is 0.717. The molecule has 0 saturated heterocycles. The van der Waals surface area contributed by atoms with Gasteiger partial charge in [0.1, 0.15) is 0 Å². The van der Waals surface area contributed by atoms with E-state index in [1.165, 1.54) is 5.69 Å². The van der Waals surface area contributed by atoms with Crippen LogP contribution in [0, 0.1) is 18.8 Å². The van der Waals surface area contributed by atoms with Crippen LogP contribution in [0.5, 0.6) is 0 Å². The molecular weight excluding hydrogens is 214 g/mol. The fraction of sp³-hybridized carbons (Fsp3) is 0.727. The van der Waals surface area contributed by atoms with Gasteiger partial charge in [-0.2, -0.15) is 0 Å². The van der Waals surface area contributed by atoms with Gasteiger partial charge < -0.3 is 0 Å². The maximum absolute atomic E-state index is 6.17. The van der Waals surface area contributed by atoms with Gasteiger partial charge in [-0.05, 0) is 32.1 Å². The van der Waals surface area contributed by atoms with Crippen LogP contribution in [-0.2, 0) is 6.42 Å². The Hall–Kier alpha value is -0.0800. The molecule has 0 aliphatic rings. The average Bonchev–Trinajstić information content (AvgIpc) is 2.46. The van der Waals surface area contributed by atoms with Crippen LogP contribution in [0.1, 0.15) is 31.5 Å². The number of aryl methyl sites for hydroxylation is 1. The summed E-state index contributed by atoms with van der Waals surface area (Å²) in [5.74, 6) is 1.14. The number of nitrogens with zero attached hydrogens (tertiary/aromatic N) is 1. The number of hydrogen-bond donors (Lipinski definition) is 0. The van der Waals surface area contributed by atoms with E-state index >= 15 is 0 Å². The molecule has 0 saturated carbocycles. The molecule has 14 heavy (non-hydrogen) atoms. The van der Waals surface area contributed by atoms with Crippen molar-refractivity contribution in [3.8, 4) is 0 Å². The zero-order valence-electron chi connectivity index (χ0n) is 9.25. The highest BCUT2D eigenvalue weighted by Crippen LogP contribution is 2.24. The molecule has 1 rings (SSSR count). The van der Waals surface area contributed by atoms with E-state index in [0.29, 0.717) is 11.8 Å². The fourth-order valence-electron chi connectivity index (χ4n) is 1.67. The minimum absolute atomic E-state index is 0.219. The van der Waals surface area contributed by atoms with E-state index in [4.69, 9.17) is 11.6 Å². The predicted octanol–water partition coefficient (Wildman–Crippen LogP) is 3.89. The first-order valence-corrected chi connectivity index (χ1v) is 6.37. The molecule has 1 aromatic rings. The molecular formula is C11H18ClNS. The highest BCUT2D eigenvalue weighted by Gasteiger charge is 2.20. The van der Waals surface area contributed by atoms with E-state index in [-0.39, 0.29) is 5.38 Å². The molecule has 0 aromatic carbocycles. The SMILES string of the molecule is Cc1nc(CC(C(C)C)C(C)Cl)cs1. The molecule has 3 heteroatoms. The van der Waals surface area contributed by atoms with Crippen LogP contribution in [0.4, 0.5) is 0 Å². The molecule has 2 unspecified atom stereocenters. The van der Waals surface area contributed by atoms with E-state index < -0.39 is 0 Å². The zero-order chi connectivity index (χ0) is 10.7. The highest BCUT2D eigenvalue weighted by atomic mass is 35.5. The summed E-state index contributed by atoms with van der Waals surface area (Å²) >= 11 is 7.89. The monoisotopic (exact) mass is 231 g/mol. The number of thiazole rings is 1. The van der Waals surface area contributed by atoms with Gasteiger partial charge >= 0.3 is 0 Å². The summed E-state index contributed by atoms with van der Waals surface area (Å²) in [5, 5.41) is 3.51. The smallest absolute Gasteiger partial charge is 0.0897 e. The van der Waals surface area contributed by atoms with Crippen molar-refractivity contribution >= 4 is 22.9 Å². The molecule has 0 fully saturated rings. The second-order valence-corrected chi connectivity index (χ2v) is 5.90. The number of hydrogen-bond acceptors (Lipinski definition) is 2. The lowest BCUT2D eigenvalue weighted by atomic mass is 9.89. The van der Waals surface area contributed by atoms with Crippen molar-refractivity contribution in [2.45, 2.75) is 39.5 Å². The number of alkyl halides is 1. The summed E-state index contributed by atoms with van der Waals surface area (Å²) in [7, 11) is 0. The van der Waals surface area contributed by atoms with E-state index in [9.17, 15) is 0 Å². The third-order valence-electron chi connectivity index (χ3n) is 2.56. The molecule has 2 atom stereocenters.